The van der Waals surface area contributed by atoms with Gasteiger partial charge in [-0.15, -0.1) is 0 Å². The van der Waals surface area contributed by atoms with E-state index in [1.807, 2.05) is 4.90 Å². The van der Waals surface area contributed by atoms with E-state index in [0.29, 0.717) is 32.6 Å². The molecule has 1 unspecified atom stereocenters. The Hall–Kier alpha value is -2.16. The van der Waals surface area contributed by atoms with Gasteiger partial charge in [0.05, 0.1) is 11.5 Å². The fraction of sp³-hybridized carbons (Fsp3) is 0.500. The molecule has 0 bridgehead atoms. The van der Waals surface area contributed by atoms with Crippen molar-refractivity contribution in [2.24, 2.45) is 0 Å². The highest BCUT2D eigenvalue weighted by molar-refractivity contribution is 7.91. The number of carbonyl (C=O) groups is 2. The summed E-state index contributed by atoms with van der Waals surface area (Å²) in [6.07, 6.45) is 0.347. The smallest absolute Gasteiger partial charge is 0.312 e. The quantitative estimate of drug-likeness (QED) is 0.729. The maximum atomic E-state index is 13.0. The van der Waals surface area contributed by atoms with Gasteiger partial charge in [-0.25, -0.2) is 12.8 Å². The summed E-state index contributed by atoms with van der Waals surface area (Å²) in [4.78, 5) is 27.8. The number of anilines is 1. The molecule has 2 amide bonds. The van der Waals surface area contributed by atoms with Crippen molar-refractivity contribution in [3.05, 3.63) is 30.1 Å². The molecule has 0 radical (unpaired) electrons. The molecule has 0 saturated carbocycles. The lowest BCUT2D eigenvalue weighted by Gasteiger charge is -2.35. The number of sulfone groups is 1. The molecule has 2 fully saturated rings. The van der Waals surface area contributed by atoms with Crippen molar-refractivity contribution >= 4 is 27.3 Å². The van der Waals surface area contributed by atoms with E-state index in [9.17, 15) is 22.4 Å². The van der Waals surface area contributed by atoms with Gasteiger partial charge < -0.3 is 15.1 Å². The number of nitrogens with one attached hydrogen (secondary N) is 1. The Kier molecular flexibility index (Phi) is 4.94. The van der Waals surface area contributed by atoms with Crippen LogP contribution < -0.4 is 10.2 Å². The number of nitrogens with zero attached hydrogens (tertiary/aromatic N) is 2. The molecule has 0 aromatic heterocycles. The van der Waals surface area contributed by atoms with E-state index in [0.717, 1.165) is 5.69 Å². The third-order valence-electron chi connectivity index (χ3n) is 4.52. The zero-order valence-electron chi connectivity index (χ0n) is 13.7. The molecule has 136 valence electrons. The second-order valence-electron chi connectivity index (χ2n) is 6.33. The third kappa shape index (κ3) is 4.28. The summed E-state index contributed by atoms with van der Waals surface area (Å²) in [7, 11) is -3.11. The zero-order valence-corrected chi connectivity index (χ0v) is 14.5. The summed E-state index contributed by atoms with van der Waals surface area (Å²) in [6.45, 7) is 1.85. The highest BCUT2D eigenvalue weighted by atomic mass is 32.2. The Morgan fingerprint density at radius 2 is 1.72 bits per heavy atom. The lowest BCUT2D eigenvalue weighted by atomic mass is 10.2. The fourth-order valence-electron chi connectivity index (χ4n) is 3.12. The Balaban J connectivity index is 1.51. The molecule has 1 aromatic rings. The number of carbonyl (C=O) groups excluding carboxylic acids is 2. The first-order valence-corrected chi connectivity index (χ1v) is 9.97. The third-order valence-corrected chi connectivity index (χ3v) is 6.29. The van der Waals surface area contributed by atoms with Gasteiger partial charge in [0.1, 0.15) is 5.82 Å². The SMILES string of the molecule is O=C(NC1CCS(=O)(=O)C1)C(=O)N1CCN(c2ccc(F)cc2)CC1. The van der Waals surface area contributed by atoms with Gasteiger partial charge in [0.2, 0.25) is 0 Å². The standard InChI is InChI=1S/C16H20FN3O4S/c17-12-1-3-14(4-2-12)19-6-8-20(9-7-19)16(22)15(21)18-13-5-10-25(23,24)11-13/h1-4,13H,5-11H2,(H,18,21). The minimum absolute atomic E-state index is 0.0441. The molecule has 9 heteroatoms. The fourth-order valence-corrected chi connectivity index (χ4v) is 4.79. The molecule has 1 aromatic carbocycles. The average Bonchev–Trinajstić information content (AvgIpc) is 2.93. The summed E-state index contributed by atoms with van der Waals surface area (Å²) in [5.41, 5.74) is 0.870. The summed E-state index contributed by atoms with van der Waals surface area (Å²) < 4.78 is 35.8. The second-order valence-corrected chi connectivity index (χ2v) is 8.56. The molecule has 2 aliphatic rings. The van der Waals surface area contributed by atoms with Crippen molar-refractivity contribution in [1.82, 2.24) is 10.2 Å². The van der Waals surface area contributed by atoms with Crippen molar-refractivity contribution in [3.63, 3.8) is 0 Å². The van der Waals surface area contributed by atoms with E-state index in [1.165, 1.54) is 17.0 Å². The number of benzene rings is 1. The predicted molar refractivity (Wildman–Crippen MR) is 90.4 cm³/mol. The van der Waals surface area contributed by atoms with Crippen LogP contribution in [-0.2, 0) is 19.4 Å². The number of rotatable bonds is 2. The molecule has 2 heterocycles. The Labute approximate surface area is 145 Å². The summed E-state index contributed by atoms with van der Waals surface area (Å²) in [5.74, 6) is -1.75. The van der Waals surface area contributed by atoms with Gasteiger partial charge in [-0.05, 0) is 30.7 Å². The van der Waals surface area contributed by atoms with Crippen LogP contribution in [0.25, 0.3) is 0 Å². The normalized spacial score (nSPS) is 22.7. The van der Waals surface area contributed by atoms with Crippen molar-refractivity contribution in [3.8, 4) is 0 Å². The van der Waals surface area contributed by atoms with Crippen LogP contribution in [0.1, 0.15) is 6.42 Å². The highest BCUT2D eigenvalue weighted by Crippen LogP contribution is 2.17. The van der Waals surface area contributed by atoms with Gasteiger partial charge in [-0.1, -0.05) is 0 Å². The predicted octanol–water partition coefficient (Wildman–Crippen LogP) is -0.222. The van der Waals surface area contributed by atoms with Crippen LogP contribution in [0.2, 0.25) is 0 Å². The molecule has 2 aliphatic heterocycles. The summed E-state index contributed by atoms with van der Waals surface area (Å²) in [5, 5.41) is 2.52. The van der Waals surface area contributed by atoms with E-state index < -0.39 is 27.7 Å². The van der Waals surface area contributed by atoms with E-state index in [4.69, 9.17) is 0 Å². The minimum Gasteiger partial charge on any atom is -0.368 e. The van der Waals surface area contributed by atoms with Gasteiger partial charge >= 0.3 is 11.8 Å². The van der Waals surface area contributed by atoms with Crippen LogP contribution in [0.4, 0.5) is 10.1 Å². The van der Waals surface area contributed by atoms with Gasteiger partial charge in [0.15, 0.2) is 9.84 Å². The first-order valence-electron chi connectivity index (χ1n) is 8.15. The number of hydrogen-bond donors (Lipinski definition) is 1. The van der Waals surface area contributed by atoms with Crippen molar-refractivity contribution in [2.75, 3.05) is 42.6 Å². The second kappa shape index (κ2) is 6.99. The molecule has 25 heavy (non-hydrogen) atoms. The van der Waals surface area contributed by atoms with E-state index >= 15 is 0 Å². The first kappa shape index (κ1) is 17.7. The largest absolute Gasteiger partial charge is 0.368 e. The van der Waals surface area contributed by atoms with Crippen LogP contribution in [0, 0.1) is 5.82 Å². The van der Waals surface area contributed by atoms with Gasteiger partial charge in [0, 0.05) is 37.9 Å². The van der Waals surface area contributed by atoms with Gasteiger partial charge in [-0.2, -0.15) is 0 Å². The van der Waals surface area contributed by atoms with E-state index in [2.05, 4.69) is 5.32 Å². The topological polar surface area (TPSA) is 86.8 Å². The molecule has 0 spiro atoms. The van der Waals surface area contributed by atoms with E-state index in [-0.39, 0.29) is 17.3 Å². The monoisotopic (exact) mass is 369 g/mol. The summed E-state index contributed by atoms with van der Waals surface area (Å²) in [6, 6.07) is 5.65. The summed E-state index contributed by atoms with van der Waals surface area (Å²) >= 11 is 0. The van der Waals surface area contributed by atoms with Gasteiger partial charge in [0.25, 0.3) is 0 Å². The number of amides is 2. The molecule has 7 nitrogen and oxygen atoms in total. The van der Waals surface area contributed by atoms with Crippen LogP contribution in [0.5, 0.6) is 0 Å². The van der Waals surface area contributed by atoms with Crippen LogP contribution >= 0.6 is 0 Å². The Morgan fingerprint density at radius 1 is 1.08 bits per heavy atom. The average molecular weight is 369 g/mol. The first-order chi connectivity index (χ1) is 11.8. The lowest BCUT2D eigenvalue weighted by molar-refractivity contribution is -0.146. The van der Waals surface area contributed by atoms with Gasteiger partial charge in [-0.3, -0.25) is 9.59 Å². The Bertz CT molecular complexity index is 758. The van der Waals surface area contributed by atoms with Crippen LogP contribution in [-0.4, -0.2) is 68.9 Å². The molecule has 2 saturated heterocycles. The zero-order chi connectivity index (χ0) is 18.0. The molecular weight excluding hydrogens is 349 g/mol. The highest BCUT2D eigenvalue weighted by Gasteiger charge is 2.32. The maximum absolute atomic E-state index is 13.0. The van der Waals surface area contributed by atoms with Crippen molar-refractivity contribution in [1.29, 1.82) is 0 Å². The van der Waals surface area contributed by atoms with E-state index in [1.54, 1.807) is 12.1 Å². The molecule has 1 atom stereocenters. The molecule has 1 N–H and O–H groups in total. The Morgan fingerprint density at radius 3 is 2.28 bits per heavy atom. The number of hydrogen-bond acceptors (Lipinski definition) is 5. The molecule has 0 aliphatic carbocycles. The van der Waals surface area contributed by atoms with Crippen molar-refractivity contribution < 1.29 is 22.4 Å². The van der Waals surface area contributed by atoms with Crippen LogP contribution in [0.15, 0.2) is 24.3 Å². The molecule has 3 rings (SSSR count). The van der Waals surface area contributed by atoms with Crippen molar-refractivity contribution in [2.45, 2.75) is 12.5 Å². The lowest BCUT2D eigenvalue weighted by Crippen LogP contribution is -2.54. The van der Waals surface area contributed by atoms with Crippen LogP contribution in [0.3, 0.4) is 0 Å². The molecular formula is C16H20FN3O4S. The minimum atomic E-state index is -3.11. The maximum Gasteiger partial charge on any atom is 0.312 e. The number of halogens is 1. The number of piperazine rings is 1.